The number of hydrogen-bond donors (Lipinski definition) is 1. The molecular weight excluding hydrogens is 354 g/mol. The lowest BCUT2D eigenvalue weighted by Gasteiger charge is -2.26. The van der Waals surface area contributed by atoms with Crippen molar-refractivity contribution >= 4 is 23.2 Å². The molecule has 0 aliphatic rings. The van der Waals surface area contributed by atoms with E-state index in [9.17, 15) is 9.59 Å². The molecule has 0 saturated carbocycles. The van der Waals surface area contributed by atoms with E-state index < -0.39 is 12.6 Å². The molecule has 0 spiro atoms. The molecule has 2 rings (SSSR count). The number of nitrogens with zero attached hydrogens (tertiary/aromatic N) is 1. The Bertz CT molecular complexity index is 742. The van der Waals surface area contributed by atoms with Gasteiger partial charge in [-0.3, -0.25) is 4.79 Å². The molecule has 1 aromatic carbocycles. The summed E-state index contributed by atoms with van der Waals surface area (Å²) in [5.41, 5.74) is 0.474. The monoisotopic (exact) mass is 377 g/mol. The van der Waals surface area contributed by atoms with Crippen LogP contribution in [0.15, 0.2) is 35.7 Å². The molecule has 0 aliphatic carbocycles. The van der Waals surface area contributed by atoms with Gasteiger partial charge in [-0.05, 0) is 50.4 Å². The zero-order valence-electron chi connectivity index (χ0n) is 15.1. The quantitative estimate of drug-likeness (QED) is 0.722. The predicted octanol–water partition coefficient (Wildman–Crippen LogP) is 3.66. The minimum atomic E-state index is -1.07. The van der Waals surface area contributed by atoms with Gasteiger partial charge in [-0.2, -0.15) is 0 Å². The van der Waals surface area contributed by atoms with Crippen molar-refractivity contribution in [2.45, 2.75) is 33.4 Å². The highest BCUT2D eigenvalue weighted by Gasteiger charge is 2.21. The Kier molecular flexibility index (Phi) is 7.03. The van der Waals surface area contributed by atoms with Gasteiger partial charge in [-0.25, -0.2) is 4.79 Å². The molecule has 0 unspecified atom stereocenters. The standard InChI is InChI=1S/C19H23NO5S/c1-4-24-17-10-14(7-8-16(17)25-12-18(21)22)19(23)20(13(2)3)11-15-6-5-9-26-15/h5-10,13H,4,11-12H2,1-3H3,(H,21,22). The minimum absolute atomic E-state index is 0.0306. The summed E-state index contributed by atoms with van der Waals surface area (Å²) in [7, 11) is 0. The fourth-order valence-electron chi connectivity index (χ4n) is 2.39. The van der Waals surface area contributed by atoms with Gasteiger partial charge >= 0.3 is 5.97 Å². The summed E-state index contributed by atoms with van der Waals surface area (Å²) in [6, 6.07) is 8.80. The van der Waals surface area contributed by atoms with E-state index in [-0.39, 0.29) is 11.9 Å². The van der Waals surface area contributed by atoms with Crippen molar-refractivity contribution in [3.63, 3.8) is 0 Å². The van der Waals surface area contributed by atoms with Crippen LogP contribution in [-0.4, -0.2) is 41.1 Å². The number of carboxylic acids is 1. The van der Waals surface area contributed by atoms with Gasteiger partial charge in [0.2, 0.25) is 0 Å². The number of thiophene rings is 1. The number of rotatable bonds is 9. The Hall–Kier alpha value is -2.54. The molecular formula is C19H23NO5S. The van der Waals surface area contributed by atoms with Crippen LogP contribution in [0.2, 0.25) is 0 Å². The van der Waals surface area contributed by atoms with Crippen molar-refractivity contribution in [2.24, 2.45) is 0 Å². The van der Waals surface area contributed by atoms with Crippen molar-refractivity contribution in [3.8, 4) is 11.5 Å². The molecule has 0 atom stereocenters. The topological polar surface area (TPSA) is 76.1 Å². The number of carboxylic acid groups (broad SMARTS) is 1. The van der Waals surface area contributed by atoms with Crippen LogP contribution in [0.5, 0.6) is 11.5 Å². The summed E-state index contributed by atoms with van der Waals surface area (Å²) < 4.78 is 10.8. The van der Waals surface area contributed by atoms with Crippen LogP contribution in [0.3, 0.4) is 0 Å². The maximum absolute atomic E-state index is 13.0. The molecule has 26 heavy (non-hydrogen) atoms. The normalized spacial score (nSPS) is 10.6. The van der Waals surface area contributed by atoms with E-state index in [0.717, 1.165) is 4.88 Å². The maximum Gasteiger partial charge on any atom is 0.341 e. The van der Waals surface area contributed by atoms with Gasteiger partial charge in [0.05, 0.1) is 13.2 Å². The number of carbonyl (C=O) groups excluding carboxylic acids is 1. The van der Waals surface area contributed by atoms with Gasteiger partial charge < -0.3 is 19.5 Å². The van der Waals surface area contributed by atoms with Gasteiger partial charge in [0.25, 0.3) is 5.91 Å². The van der Waals surface area contributed by atoms with Gasteiger partial charge in [-0.1, -0.05) is 6.07 Å². The Morgan fingerprint density at radius 1 is 1.19 bits per heavy atom. The van der Waals surface area contributed by atoms with Crippen LogP contribution >= 0.6 is 11.3 Å². The summed E-state index contributed by atoms with van der Waals surface area (Å²) in [5.74, 6) is -0.520. The minimum Gasteiger partial charge on any atom is -0.490 e. The summed E-state index contributed by atoms with van der Waals surface area (Å²) in [4.78, 5) is 26.6. The van der Waals surface area contributed by atoms with E-state index in [0.29, 0.717) is 30.2 Å². The third kappa shape index (κ3) is 5.23. The summed E-state index contributed by atoms with van der Waals surface area (Å²) in [5, 5.41) is 10.8. The molecule has 1 heterocycles. The van der Waals surface area contributed by atoms with Crippen LogP contribution in [0.1, 0.15) is 36.0 Å². The SMILES string of the molecule is CCOc1cc(C(=O)N(Cc2cccs2)C(C)C)ccc1OCC(=O)O. The van der Waals surface area contributed by atoms with E-state index in [1.165, 1.54) is 0 Å². The summed E-state index contributed by atoms with van der Waals surface area (Å²) in [6.45, 7) is 6.20. The zero-order valence-corrected chi connectivity index (χ0v) is 15.9. The van der Waals surface area contributed by atoms with E-state index in [2.05, 4.69) is 0 Å². The number of amides is 1. The molecule has 2 aromatic rings. The first kappa shape index (κ1) is 19.8. The second kappa shape index (κ2) is 9.24. The molecule has 140 valence electrons. The third-order valence-corrected chi connectivity index (χ3v) is 4.49. The van der Waals surface area contributed by atoms with Crippen LogP contribution in [0.25, 0.3) is 0 Å². The lowest BCUT2D eigenvalue weighted by molar-refractivity contribution is -0.139. The average molecular weight is 377 g/mol. The molecule has 0 fully saturated rings. The number of hydrogen-bond acceptors (Lipinski definition) is 5. The lowest BCUT2D eigenvalue weighted by atomic mass is 10.1. The third-order valence-electron chi connectivity index (χ3n) is 3.63. The Balaban J connectivity index is 2.25. The zero-order chi connectivity index (χ0) is 19.1. The molecule has 1 aromatic heterocycles. The molecule has 7 heteroatoms. The summed E-state index contributed by atoms with van der Waals surface area (Å²) in [6.07, 6.45) is 0. The fourth-order valence-corrected chi connectivity index (χ4v) is 3.10. The van der Waals surface area contributed by atoms with Gasteiger partial charge in [-0.15, -0.1) is 11.3 Å². The lowest BCUT2D eigenvalue weighted by Crippen LogP contribution is -2.36. The molecule has 6 nitrogen and oxygen atoms in total. The van der Waals surface area contributed by atoms with Crippen molar-refractivity contribution in [1.29, 1.82) is 0 Å². The van der Waals surface area contributed by atoms with E-state index in [4.69, 9.17) is 14.6 Å². The van der Waals surface area contributed by atoms with E-state index in [1.54, 1.807) is 34.4 Å². The number of ether oxygens (including phenoxy) is 2. The molecule has 0 saturated heterocycles. The van der Waals surface area contributed by atoms with Crippen molar-refractivity contribution < 1.29 is 24.2 Å². The fraction of sp³-hybridized carbons (Fsp3) is 0.368. The van der Waals surface area contributed by atoms with Crippen molar-refractivity contribution in [2.75, 3.05) is 13.2 Å². The number of benzene rings is 1. The molecule has 0 bridgehead atoms. The van der Waals surface area contributed by atoms with Gasteiger partial charge in [0, 0.05) is 16.5 Å². The Labute approximate surface area is 157 Å². The van der Waals surface area contributed by atoms with Gasteiger partial charge in [0.15, 0.2) is 18.1 Å². The second-order valence-corrected chi connectivity index (χ2v) is 6.92. The number of aliphatic carboxylic acids is 1. The first-order valence-electron chi connectivity index (χ1n) is 8.37. The molecule has 0 radical (unpaired) electrons. The largest absolute Gasteiger partial charge is 0.490 e. The van der Waals surface area contributed by atoms with Crippen LogP contribution in [-0.2, 0) is 11.3 Å². The van der Waals surface area contributed by atoms with E-state index in [1.807, 2.05) is 38.3 Å². The molecule has 1 N–H and O–H groups in total. The van der Waals surface area contributed by atoms with Crippen molar-refractivity contribution in [1.82, 2.24) is 4.90 Å². The second-order valence-electron chi connectivity index (χ2n) is 5.88. The predicted molar refractivity (Wildman–Crippen MR) is 100 cm³/mol. The van der Waals surface area contributed by atoms with Crippen LogP contribution in [0.4, 0.5) is 0 Å². The van der Waals surface area contributed by atoms with Gasteiger partial charge in [0.1, 0.15) is 0 Å². The highest BCUT2D eigenvalue weighted by molar-refractivity contribution is 7.09. The van der Waals surface area contributed by atoms with Crippen LogP contribution in [0, 0.1) is 0 Å². The first-order valence-corrected chi connectivity index (χ1v) is 9.25. The Morgan fingerprint density at radius 2 is 1.96 bits per heavy atom. The highest BCUT2D eigenvalue weighted by Crippen LogP contribution is 2.29. The maximum atomic E-state index is 13.0. The molecule has 0 aliphatic heterocycles. The Morgan fingerprint density at radius 3 is 2.54 bits per heavy atom. The highest BCUT2D eigenvalue weighted by atomic mass is 32.1. The average Bonchev–Trinajstić information content (AvgIpc) is 3.11. The number of carbonyl (C=O) groups is 2. The van der Waals surface area contributed by atoms with Crippen molar-refractivity contribution in [3.05, 3.63) is 46.2 Å². The smallest absolute Gasteiger partial charge is 0.341 e. The molecule has 1 amide bonds. The first-order chi connectivity index (χ1) is 12.4. The van der Waals surface area contributed by atoms with Crippen LogP contribution < -0.4 is 9.47 Å². The summed E-state index contributed by atoms with van der Waals surface area (Å²) >= 11 is 1.61. The van der Waals surface area contributed by atoms with E-state index >= 15 is 0 Å².